The average molecular weight is 370 g/mol. The van der Waals surface area contributed by atoms with Crippen LogP contribution >= 0.6 is 0 Å². The lowest BCUT2D eigenvalue weighted by atomic mass is 10.1. The molecule has 0 unspecified atom stereocenters. The molecule has 0 saturated heterocycles. The van der Waals surface area contributed by atoms with E-state index in [9.17, 15) is 4.79 Å². The molecule has 3 nitrogen and oxygen atoms in total. The van der Waals surface area contributed by atoms with Gasteiger partial charge in [0.2, 0.25) is 0 Å². The fourth-order valence-electron chi connectivity index (χ4n) is 2.83. The topological polar surface area (TPSA) is 49.3 Å². The lowest BCUT2D eigenvalue weighted by molar-refractivity contribution is -0.131. The van der Waals surface area contributed by atoms with Crippen LogP contribution in [0, 0.1) is 0 Å². The highest BCUT2D eigenvalue weighted by molar-refractivity contribution is 5.85. The first-order valence-corrected chi connectivity index (χ1v) is 10.2. The zero-order valence-electron chi connectivity index (χ0n) is 16.5. The molecule has 0 heterocycles. The number of nitrogens with one attached hydrogen (secondary N) is 1. The number of rotatable bonds is 16. The molecular formula is C24H35NO2. The predicted octanol–water partition coefficient (Wildman–Crippen LogP) is 6.84. The van der Waals surface area contributed by atoms with Crippen LogP contribution in [-0.4, -0.2) is 17.6 Å². The van der Waals surface area contributed by atoms with E-state index in [1.54, 1.807) is 6.08 Å². The van der Waals surface area contributed by atoms with Gasteiger partial charge in [-0.3, -0.25) is 0 Å². The van der Waals surface area contributed by atoms with Crippen molar-refractivity contribution >= 4 is 17.7 Å². The van der Waals surface area contributed by atoms with Gasteiger partial charge < -0.3 is 10.4 Å². The Morgan fingerprint density at radius 2 is 1.48 bits per heavy atom. The number of aliphatic carboxylic acids is 1. The highest BCUT2D eigenvalue weighted by Crippen LogP contribution is 2.11. The van der Waals surface area contributed by atoms with Crippen LogP contribution in [0.1, 0.15) is 69.8 Å². The van der Waals surface area contributed by atoms with E-state index in [-0.39, 0.29) is 0 Å². The summed E-state index contributed by atoms with van der Waals surface area (Å²) in [6.45, 7) is 4.70. The summed E-state index contributed by atoms with van der Waals surface area (Å²) in [5.41, 5.74) is 1.96. The van der Waals surface area contributed by atoms with Crippen molar-refractivity contribution in [2.45, 2.75) is 64.2 Å². The summed E-state index contributed by atoms with van der Waals surface area (Å²) in [6, 6.07) is 7.80. The number of carbonyl (C=O) groups is 1. The van der Waals surface area contributed by atoms with Gasteiger partial charge in [0.15, 0.2) is 0 Å². The van der Waals surface area contributed by atoms with Crippen molar-refractivity contribution in [1.29, 1.82) is 0 Å². The van der Waals surface area contributed by atoms with Gasteiger partial charge in [0, 0.05) is 18.3 Å². The Hall–Kier alpha value is -2.29. The Morgan fingerprint density at radius 3 is 2.11 bits per heavy atom. The predicted molar refractivity (Wildman–Crippen MR) is 117 cm³/mol. The Labute approximate surface area is 164 Å². The van der Waals surface area contributed by atoms with Gasteiger partial charge in [-0.1, -0.05) is 56.0 Å². The first-order valence-electron chi connectivity index (χ1n) is 10.2. The molecule has 1 rings (SSSR count). The molecule has 2 N–H and O–H groups in total. The van der Waals surface area contributed by atoms with E-state index in [4.69, 9.17) is 5.11 Å². The maximum atomic E-state index is 10.5. The van der Waals surface area contributed by atoms with E-state index in [0.717, 1.165) is 43.1 Å². The minimum absolute atomic E-state index is 0.891. The van der Waals surface area contributed by atoms with Gasteiger partial charge in [-0.05, 0) is 62.3 Å². The van der Waals surface area contributed by atoms with Crippen molar-refractivity contribution in [3.63, 3.8) is 0 Å². The third-order valence-electron chi connectivity index (χ3n) is 4.40. The fourth-order valence-corrected chi connectivity index (χ4v) is 2.83. The molecule has 0 aliphatic carbocycles. The van der Waals surface area contributed by atoms with Crippen molar-refractivity contribution in [2.24, 2.45) is 0 Å². The Balaban J connectivity index is 1.98. The van der Waals surface area contributed by atoms with Gasteiger partial charge in [-0.15, -0.1) is 6.58 Å². The fraction of sp³-hybridized carbons (Fsp3) is 0.458. The highest BCUT2D eigenvalue weighted by atomic mass is 16.4. The van der Waals surface area contributed by atoms with Crippen LogP contribution in [0.3, 0.4) is 0 Å². The lowest BCUT2D eigenvalue weighted by Crippen LogP contribution is -2.00. The van der Waals surface area contributed by atoms with Crippen molar-refractivity contribution in [3.8, 4) is 0 Å². The number of hydrogen-bond donors (Lipinski definition) is 2. The summed E-state index contributed by atoms with van der Waals surface area (Å²) < 4.78 is 0. The van der Waals surface area contributed by atoms with Crippen molar-refractivity contribution in [2.75, 3.05) is 11.9 Å². The standard InChI is InChI=1S/C24H35NO2/c1-2-3-4-5-6-7-8-9-10-11-12-13-14-21-25-23-18-15-22(16-19-23)17-20-24(26)27/h2,11-12,15-20,25H,1,3-10,13-14,21H2,(H,26,27)/b12-11+,20-17+. The molecule has 27 heavy (non-hydrogen) atoms. The van der Waals surface area contributed by atoms with E-state index in [2.05, 4.69) is 24.0 Å². The summed E-state index contributed by atoms with van der Waals surface area (Å²) in [5.74, 6) is -0.926. The second-order valence-corrected chi connectivity index (χ2v) is 6.82. The molecule has 0 fully saturated rings. The smallest absolute Gasteiger partial charge is 0.328 e. The first kappa shape index (κ1) is 22.8. The molecule has 0 spiro atoms. The van der Waals surface area contributed by atoms with E-state index >= 15 is 0 Å². The van der Waals surface area contributed by atoms with Crippen LogP contribution in [0.25, 0.3) is 6.08 Å². The molecular weight excluding hydrogens is 334 g/mol. The zero-order chi connectivity index (χ0) is 19.6. The Kier molecular flexibility index (Phi) is 13.4. The van der Waals surface area contributed by atoms with Gasteiger partial charge in [0.05, 0.1) is 0 Å². The van der Waals surface area contributed by atoms with Crippen LogP contribution in [0.15, 0.2) is 55.1 Å². The minimum Gasteiger partial charge on any atom is -0.478 e. The molecule has 0 aromatic heterocycles. The average Bonchev–Trinajstić information content (AvgIpc) is 2.67. The van der Waals surface area contributed by atoms with E-state index < -0.39 is 5.97 Å². The second-order valence-electron chi connectivity index (χ2n) is 6.82. The maximum Gasteiger partial charge on any atom is 0.328 e. The van der Waals surface area contributed by atoms with Gasteiger partial charge in [-0.25, -0.2) is 4.79 Å². The molecule has 0 amide bonds. The van der Waals surface area contributed by atoms with Crippen molar-refractivity contribution < 1.29 is 9.90 Å². The van der Waals surface area contributed by atoms with Gasteiger partial charge in [0.25, 0.3) is 0 Å². The lowest BCUT2D eigenvalue weighted by Gasteiger charge is -2.05. The molecule has 0 bridgehead atoms. The van der Waals surface area contributed by atoms with Crippen LogP contribution in [0.4, 0.5) is 5.69 Å². The molecule has 3 heteroatoms. The Morgan fingerprint density at radius 1 is 0.889 bits per heavy atom. The summed E-state index contributed by atoms with van der Waals surface area (Å²) in [6.07, 6.45) is 22.0. The number of hydrogen-bond acceptors (Lipinski definition) is 2. The minimum atomic E-state index is -0.926. The number of carboxylic acids is 1. The molecule has 1 aromatic rings. The molecule has 0 saturated carbocycles. The highest BCUT2D eigenvalue weighted by Gasteiger charge is 1.93. The van der Waals surface area contributed by atoms with Crippen molar-refractivity contribution in [1.82, 2.24) is 0 Å². The summed E-state index contributed by atoms with van der Waals surface area (Å²) in [5, 5.41) is 12.0. The van der Waals surface area contributed by atoms with E-state index in [1.807, 2.05) is 30.3 Å². The molecule has 0 radical (unpaired) electrons. The number of allylic oxidation sites excluding steroid dienone is 3. The van der Waals surface area contributed by atoms with Gasteiger partial charge >= 0.3 is 5.97 Å². The summed E-state index contributed by atoms with van der Waals surface area (Å²) in [4.78, 5) is 10.5. The normalized spacial score (nSPS) is 11.3. The number of unbranched alkanes of at least 4 members (excludes halogenated alkanes) is 8. The van der Waals surface area contributed by atoms with Crippen LogP contribution in [-0.2, 0) is 4.79 Å². The monoisotopic (exact) mass is 369 g/mol. The zero-order valence-corrected chi connectivity index (χ0v) is 16.5. The van der Waals surface area contributed by atoms with Crippen molar-refractivity contribution in [3.05, 3.63) is 60.7 Å². The van der Waals surface area contributed by atoms with Gasteiger partial charge in [-0.2, -0.15) is 0 Å². The third-order valence-corrected chi connectivity index (χ3v) is 4.40. The summed E-state index contributed by atoms with van der Waals surface area (Å²) >= 11 is 0. The quantitative estimate of drug-likeness (QED) is 0.190. The summed E-state index contributed by atoms with van der Waals surface area (Å²) in [7, 11) is 0. The molecule has 0 aliphatic heterocycles. The third kappa shape index (κ3) is 13.6. The molecule has 1 aromatic carbocycles. The van der Waals surface area contributed by atoms with E-state index in [0.29, 0.717) is 0 Å². The largest absolute Gasteiger partial charge is 0.478 e. The van der Waals surface area contributed by atoms with Gasteiger partial charge in [0.1, 0.15) is 0 Å². The number of carboxylic acid groups (broad SMARTS) is 1. The first-order chi connectivity index (χ1) is 13.2. The maximum absolute atomic E-state index is 10.5. The SMILES string of the molecule is C=CCCCCCCCC/C=C/CCCNc1ccc(/C=C/C(=O)O)cc1. The Bertz CT molecular complexity index is 573. The van der Waals surface area contributed by atoms with Crippen LogP contribution in [0.2, 0.25) is 0 Å². The van der Waals surface area contributed by atoms with E-state index in [1.165, 1.54) is 44.9 Å². The van der Waals surface area contributed by atoms with Crippen LogP contribution < -0.4 is 5.32 Å². The molecule has 148 valence electrons. The number of benzene rings is 1. The molecule has 0 atom stereocenters. The second kappa shape index (κ2) is 15.9. The van der Waals surface area contributed by atoms with Crippen LogP contribution in [0.5, 0.6) is 0 Å². The number of anilines is 1. The molecule has 0 aliphatic rings.